The molecule has 3 heteroatoms. The molecule has 0 bridgehead atoms. The van der Waals surface area contributed by atoms with Crippen LogP contribution in [0.3, 0.4) is 0 Å². The van der Waals surface area contributed by atoms with Gasteiger partial charge in [0, 0.05) is 18.1 Å². The van der Waals surface area contributed by atoms with E-state index in [1.807, 2.05) is 12.1 Å². The van der Waals surface area contributed by atoms with Crippen LogP contribution in [0.4, 0.5) is 0 Å². The second-order valence-corrected chi connectivity index (χ2v) is 5.46. The van der Waals surface area contributed by atoms with Crippen LogP contribution in [0.1, 0.15) is 45.9 Å². The molecule has 0 amide bonds. The Morgan fingerprint density at radius 2 is 2.35 bits per heavy atom. The number of rotatable bonds is 5. The van der Waals surface area contributed by atoms with Crippen LogP contribution in [0.2, 0.25) is 0 Å². The summed E-state index contributed by atoms with van der Waals surface area (Å²) in [6.07, 6.45) is 3.20. The van der Waals surface area contributed by atoms with E-state index in [-0.39, 0.29) is 11.5 Å². The van der Waals surface area contributed by atoms with Crippen LogP contribution in [0.15, 0.2) is 22.8 Å². The predicted octanol–water partition coefficient (Wildman–Crippen LogP) is 3.13. The zero-order valence-electron chi connectivity index (χ0n) is 11.2. The van der Waals surface area contributed by atoms with Crippen LogP contribution in [0.5, 0.6) is 0 Å². The van der Waals surface area contributed by atoms with E-state index in [2.05, 4.69) is 33.0 Å². The molecule has 1 aromatic heterocycles. The summed E-state index contributed by atoms with van der Waals surface area (Å²) in [5, 5.41) is 3.62. The van der Waals surface area contributed by atoms with Gasteiger partial charge < -0.3 is 14.5 Å². The number of furan rings is 1. The van der Waals surface area contributed by atoms with Gasteiger partial charge in [-0.1, -0.05) is 13.8 Å². The minimum atomic E-state index is 0.205. The molecular weight excluding hydrogens is 214 g/mol. The highest BCUT2D eigenvalue weighted by Crippen LogP contribution is 2.43. The third kappa shape index (κ3) is 2.40. The zero-order chi connectivity index (χ0) is 12.5. The van der Waals surface area contributed by atoms with Crippen molar-refractivity contribution in [3.8, 4) is 0 Å². The van der Waals surface area contributed by atoms with Crippen molar-refractivity contribution in [1.82, 2.24) is 5.32 Å². The molecule has 1 aromatic rings. The first kappa shape index (κ1) is 12.7. The summed E-state index contributed by atoms with van der Waals surface area (Å²) in [4.78, 5) is 0. The third-order valence-corrected chi connectivity index (χ3v) is 3.97. The van der Waals surface area contributed by atoms with Crippen molar-refractivity contribution in [2.45, 2.75) is 52.3 Å². The van der Waals surface area contributed by atoms with Crippen LogP contribution in [-0.2, 0) is 4.74 Å². The van der Waals surface area contributed by atoms with Crippen molar-refractivity contribution >= 4 is 0 Å². The second-order valence-electron chi connectivity index (χ2n) is 5.46. The molecule has 3 nitrogen and oxygen atoms in total. The average molecular weight is 237 g/mol. The Morgan fingerprint density at radius 1 is 1.59 bits per heavy atom. The maximum atomic E-state index is 5.73. The highest BCUT2D eigenvalue weighted by molar-refractivity contribution is 5.08. The molecule has 0 aliphatic heterocycles. The molecule has 0 radical (unpaired) electrons. The van der Waals surface area contributed by atoms with Gasteiger partial charge in [0.1, 0.15) is 5.76 Å². The largest absolute Gasteiger partial charge is 0.468 e. The maximum absolute atomic E-state index is 5.73. The Labute approximate surface area is 104 Å². The molecule has 17 heavy (non-hydrogen) atoms. The number of nitrogens with one attached hydrogen (secondary N) is 1. The Hall–Kier alpha value is -0.800. The molecule has 1 heterocycles. The van der Waals surface area contributed by atoms with Crippen molar-refractivity contribution < 1.29 is 9.15 Å². The lowest BCUT2D eigenvalue weighted by molar-refractivity contribution is -0.116. The van der Waals surface area contributed by atoms with Gasteiger partial charge in [-0.15, -0.1) is 0 Å². The van der Waals surface area contributed by atoms with Crippen LogP contribution in [-0.4, -0.2) is 18.8 Å². The van der Waals surface area contributed by atoms with Crippen molar-refractivity contribution in [2.75, 3.05) is 6.61 Å². The quantitative estimate of drug-likeness (QED) is 0.854. The van der Waals surface area contributed by atoms with E-state index in [9.17, 15) is 0 Å². The summed E-state index contributed by atoms with van der Waals surface area (Å²) in [5.41, 5.74) is 0.205. The summed E-state index contributed by atoms with van der Waals surface area (Å²) in [6, 6.07) is 4.71. The Balaban J connectivity index is 1.89. The first-order valence-electron chi connectivity index (χ1n) is 6.46. The number of hydrogen-bond acceptors (Lipinski definition) is 3. The fourth-order valence-corrected chi connectivity index (χ4v) is 2.57. The van der Waals surface area contributed by atoms with E-state index in [1.165, 1.54) is 0 Å². The van der Waals surface area contributed by atoms with Crippen LogP contribution in [0, 0.1) is 5.41 Å². The van der Waals surface area contributed by atoms with Gasteiger partial charge in [0.15, 0.2) is 0 Å². The molecule has 1 aliphatic carbocycles. The molecule has 3 atom stereocenters. The van der Waals surface area contributed by atoms with Crippen molar-refractivity contribution in [2.24, 2.45) is 5.41 Å². The molecule has 0 saturated heterocycles. The minimum Gasteiger partial charge on any atom is -0.468 e. The summed E-state index contributed by atoms with van der Waals surface area (Å²) in [5.74, 6) is 1.00. The molecule has 1 saturated carbocycles. The second kappa shape index (κ2) is 4.83. The molecule has 96 valence electrons. The van der Waals surface area contributed by atoms with Gasteiger partial charge in [0.25, 0.3) is 0 Å². The van der Waals surface area contributed by atoms with Gasteiger partial charge in [-0.25, -0.2) is 0 Å². The first-order chi connectivity index (χ1) is 8.05. The van der Waals surface area contributed by atoms with Gasteiger partial charge >= 0.3 is 0 Å². The summed E-state index contributed by atoms with van der Waals surface area (Å²) < 4.78 is 11.1. The Kier molecular flexibility index (Phi) is 3.59. The van der Waals surface area contributed by atoms with Gasteiger partial charge in [0.05, 0.1) is 18.4 Å². The van der Waals surface area contributed by atoms with Crippen LogP contribution in [0.25, 0.3) is 0 Å². The van der Waals surface area contributed by atoms with E-state index in [0.29, 0.717) is 12.1 Å². The molecule has 2 unspecified atom stereocenters. The fraction of sp³-hybridized carbons (Fsp3) is 0.714. The smallest absolute Gasteiger partial charge is 0.120 e. The molecular formula is C14H23NO2. The monoisotopic (exact) mass is 237 g/mol. The van der Waals surface area contributed by atoms with Crippen molar-refractivity contribution in [1.29, 1.82) is 0 Å². The molecule has 0 aromatic carbocycles. The standard InChI is InChI=1S/C14H23NO2/c1-5-16-13-9-12(14(13,3)4)15-10(2)11-7-6-8-17-11/h6-8,10,12-13,15H,5,9H2,1-4H3/t10-,12?,13?/m0/s1. The lowest BCUT2D eigenvalue weighted by Gasteiger charge is -2.52. The van der Waals surface area contributed by atoms with E-state index in [0.717, 1.165) is 18.8 Å². The van der Waals surface area contributed by atoms with Gasteiger partial charge in [0.2, 0.25) is 0 Å². The van der Waals surface area contributed by atoms with Gasteiger partial charge in [-0.3, -0.25) is 0 Å². The van der Waals surface area contributed by atoms with Crippen LogP contribution >= 0.6 is 0 Å². The summed E-state index contributed by atoms with van der Waals surface area (Å²) in [6.45, 7) is 9.53. The van der Waals surface area contributed by atoms with E-state index < -0.39 is 0 Å². The van der Waals surface area contributed by atoms with E-state index >= 15 is 0 Å². The van der Waals surface area contributed by atoms with E-state index in [1.54, 1.807) is 6.26 Å². The Morgan fingerprint density at radius 3 is 2.88 bits per heavy atom. The molecule has 0 spiro atoms. The normalized spacial score (nSPS) is 28.7. The van der Waals surface area contributed by atoms with Crippen molar-refractivity contribution in [3.05, 3.63) is 24.2 Å². The van der Waals surface area contributed by atoms with Crippen molar-refractivity contribution in [3.63, 3.8) is 0 Å². The molecule has 2 rings (SSSR count). The van der Waals surface area contributed by atoms with E-state index in [4.69, 9.17) is 9.15 Å². The van der Waals surface area contributed by atoms with Gasteiger partial charge in [-0.2, -0.15) is 0 Å². The lowest BCUT2D eigenvalue weighted by atomic mass is 9.64. The SMILES string of the molecule is CCOC1CC(N[C@@H](C)c2ccco2)C1(C)C. The molecule has 1 N–H and O–H groups in total. The predicted molar refractivity (Wildman–Crippen MR) is 67.9 cm³/mol. The summed E-state index contributed by atoms with van der Waals surface area (Å²) >= 11 is 0. The van der Waals surface area contributed by atoms with Gasteiger partial charge in [-0.05, 0) is 32.4 Å². The number of hydrogen-bond donors (Lipinski definition) is 1. The lowest BCUT2D eigenvalue weighted by Crippen LogP contribution is -2.61. The third-order valence-electron chi connectivity index (χ3n) is 3.97. The zero-order valence-corrected chi connectivity index (χ0v) is 11.2. The fourth-order valence-electron chi connectivity index (χ4n) is 2.57. The highest BCUT2D eigenvalue weighted by atomic mass is 16.5. The highest BCUT2D eigenvalue weighted by Gasteiger charge is 2.49. The first-order valence-corrected chi connectivity index (χ1v) is 6.46. The van der Waals surface area contributed by atoms with Crippen LogP contribution < -0.4 is 5.32 Å². The number of ether oxygens (including phenoxy) is 1. The average Bonchev–Trinajstić information content (AvgIpc) is 2.81. The molecule has 1 aliphatic rings. The maximum Gasteiger partial charge on any atom is 0.120 e. The topological polar surface area (TPSA) is 34.4 Å². The Bertz CT molecular complexity index is 345. The summed E-state index contributed by atoms with van der Waals surface area (Å²) in [7, 11) is 0. The minimum absolute atomic E-state index is 0.205. The molecule has 1 fully saturated rings.